The Morgan fingerprint density at radius 3 is 2.08 bits per heavy atom. The number of halogens is 1. The van der Waals surface area contributed by atoms with Crippen LogP contribution in [0.3, 0.4) is 0 Å². The Hall–Kier alpha value is -0.230. The molecule has 0 rings (SSSR count). The van der Waals surface area contributed by atoms with Crippen molar-refractivity contribution >= 4 is 11.6 Å². The summed E-state index contributed by atoms with van der Waals surface area (Å²) in [6.07, 6.45) is 4.39. The van der Waals surface area contributed by atoms with Gasteiger partial charge in [-0.05, 0) is 40.5 Å². The summed E-state index contributed by atoms with van der Waals surface area (Å²) >= 11 is 5.59. The van der Waals surface area contributed by atoms with Crippen molar-refractivity contribution < 1.29 is 0 Å². The summed E-state index contributed by atoms with van der Waals surface area (Å²) < 4.78 is 0. The Bertz CT molecular complexity index is 183. The third-order valence-corrected chi connectivity index (χ3v) is 2.33. The van der Waals surface area contributed by atoms with E-state index in [1.165, 1.54) is 23.1 Å². The van der Waals surface area contributed by atoms with Crippen molar-refractivity contribution in [3.05, 3.63) is 22.8 Å². The Morgan fingerprint density at radius 1 is 1.08 bits per heavy atom. The van der Waals surface area contributed by atoms with Crippen molar-refractivity contribution in [2.24, 2.45) is 0 Å². The Labute approximate surface area is 81.3 Å². The van der Waals surface area contributed by atoms with Gasteiger partial charge in [0, 0.05) is 5.88 Å². The maximum atomic E-state index is 5.59. The Balaban J connectivity index is 3.84. The van der Waals surface area contributed by atoms with Gasteiger partial charge in [-0.2, -0.15) is 0 Å². The topological polar surface area (TPSA) is 0 Å². The van der Waals surface area contributed by atoms with Gasteiger partial charge in [-0.1, -0.05) is 22.8 Å². The van der Waals surface area contributed by atoms with Crippen LogP contribution >= 0.6 is 11.6 Å². The first kappa shape index (κ1) is 11.8. The molecule has 0 spiro atoms. The van der Waals surface area contributed by atoms with Crippen molar-refractivity contribution in [3.8, 4) is 0 Å². The fourth-order valence-corrected chi connectivity index (χ4v) is 1.13. The van der Waals surface area contributed by atoms with Gasteiger partial charge in [-0.3, -0.25) is 0 Å². The molecule has 0 amide bonds. The predicted octanol–water partition coefficient (Wildman–Crippen LogP) is 4.31. The molecule has 1 heteroatoms. The van der Waals surface area contributed by atoms with E-state index in [0.29, 0.717) is 5.88 Å². The molecule has 0 radical (unpaired) electrons. The second-order valence-corrected chi connectivity index (χ2v) is 3.79. The van der Waals surface area contributed by atoms with Gasteiger partial charge in [0.15, 0.2) is 0 Å². The second kappa shape index (κ2) is 6.30. The molecule has 0 bridgehead atoms. The van der Waals surface area contributed by atoms with E-state index in [-0.39, 0.29) is 0 Å². The summed E-state index contributed by atoms with van der Waals surface area (Å²) in [5.41, 5.74) is 4.33. The highest BCUT2D eigenvalue weighted by molar-refractivity contribution is 6.18. The fraction of sp³-hybridized carbons (Fsp3) is 0.636. The molecule has 0 unspecified atom stereocenters. The summed E-state index contributed by atoms with van der Waals surface area (Å²) in [5, 5.41) is 0. The van der Waals surface area contributed by atoms with Crippen LogP contribution in [0.5, 0.6) is 0 Å². The molecule has 0 aromatic rings. The fourth-order valence-electron chi connectivity index (χ4n) is 0.868. The van der Waals surface area contributed by atoms with E-state index in [9.17, 15) is 0 Å². The van der Waals surface area contributed by atoms with Crippen molar-refractivity contribution in [1.82, 2.24) is 0 Å². The lowest BCUT2D eigenvalue weighted by atomic mass is 10.0. The highest BCUT2D eigenvalue weighted by Crippen LogP contribution is 2.13. The third-order valence-electron chi connectivity index (χ3n) is 2.17. The lowest BCUT2D eigenvalue weighted by Crippen LogP contribution is -1.84. The average molecular weight is 187 g/mol. The Kier molecular flexibility index (Phi) is 6.18. The molecule has 0 aliphatic heterocycles. The van der Waals surface area contributed by atoms with Gasteiger partial charge in [0.25, 0.3) is 0 Å². The summed E-state index contributed by atoms with van der Waals surface area (Å²) in [5.74, 6) is 0.639. The van der Waals surface area contributed by atoms with E-state index in [1.807, 2.05) is 0 Å². The largest absolute Gasteiger partial charge is 0.122 e. The van der Waals surface area contributed by atoms with Gasteiger partial charge in [-0.25, -0.2) is 0 Å². The molecule has 0 aromatic carbocycles. The first-order valence-electron chi connectivity index (χ1n) is 4.42. The van der Waals surface area contributed by atoms with Crippen LogP contribution < -0.4 is 0 Å². The predicted molar refractivity (Wildman–Crippen MR) is 57.8 cm³/mol. The monoisotopic (exact) mass is 186 g/mol. The minimum Gasteiger partial charge on any atom is -0.122 e. The zero-order valence-corrected chi connectivity index (χ0v) is 9.33. The van der Waals surface area contributed by atoms with Crippen molar-refractivity contribution in [2.75, 3.05) is 5.88 Å². The van der Waals surface area contributed by atoms with Gasteiger partial charge in [0.05, 0.1) is 0 Å². The normalized spacial score (nSPS) is 11.6. The van der Waals surface area contributed by atoms with Gasteiger partial charge in [0.1, 0.15) is 0 Å². The van der Waals surface area contributed by atoms with Crippen molar-refractivity contribution in [1.29, 1.82) is 0 Å². The summed E-state index contributed by atoms with van der Waals surface area (Å²) in [7, 11) is 0. The molecule has 70 valence electrons. The van der Waals surface area contributed by atoms with Crippen LogP contribution in [0, 0.1) is 0 Å². The Morgan fingerprint density at radius 2 is 1.67 bits per heavy atom. The van der Waals surface area contributed by atoms with Crippen molar-refractivity contribution in [2.45, 2.75) is 40.5 Å². The van der Waals surface area contributed by atoms with Gasteiger partial charge < -0.3 is 0 Å². The molecule has 0 atom stereocenters. The summed E-state index contributed by atoms with van der Waals surface area (Å²) in [6, 6.07) is 0. The van der Waals surface area contributed by atoms with Crippen LogP contribution in [-0.2, 0) is 0 Å². The lowest BCUT2D eigenvalue weighted by Gasteiger charge is -2.03. The van der Waals surface area contributed by atoms with Gasteiger partial charge >= 0.3 is 0 Å². The molecule has 0 nitrogen and oxygen atoms in total. The minimum absolute atomic E-state index is 0.639. The zero-order chi connectivity index (χ0) is 9.56. The molecule has 0 aliphatic rings. The highest BCUT2D eigenvalue weighted by atomic mass is 35.5. The highest BCUT2D eigenvalue weighted by Gasteiger charge is 1.94. The zero-order valence-electron chi connectivity index (χ0n) is 8.58. The van der Waals surface area contributed by atoms with Crippen LogP contribution in [0.15, 0.2) is 22.8 Å². The number of allylic oxidation sites excluding steroid dienone is 4. The maximum absolute atomic E-state index is 5.59. The van der Waals surface area contributed by atoms with Gasteiger partial charge in [-0.15, -0.1) is 11.6 Å². The van der Waals surface area contributed by atoms with Crippen LogP contribution in [0.25, 0.3) is 0 Å². The molecule has 0 heterocycles. The molecular formula is C11H19Cl. The number of hydrogen-bond donors (Lipinski definition) is 0. The van der Waals surface area contributed by atoms with E-state index >= 15 is 0 Å². The molecule has 12 heavy (non-hydrogen) atoms. The third kappa shape index (κ3) is 5.42. The van der Waals surface area contributed by atoms with E-state index in [0.717, 1.165) is 6.42 Å². The van der Waals surface area contributed by atoms with Crippen LogP contribution in [0.4, 0.5) is 0 Å². The lowest BCUT2D eigenvalue weighted by molar-refractivity contribution is 0.905. The summed E-state index contributed by atoms with van der Waals surface area (Å²) in [6.45, 7) is 8.66. The van der Waals surface area contributed by atoms with Crippen LogP contribution in [0.2, 0.25) is 0 Å². The van der Waals surface area contributed by atoms with Gasteiger partial charge in [0.2, 0.25) is 0 Å². The molecule has 0 saturated heterocycles. The average Bonchev–Trinajstić information content (AvgIpc) is 2.00. The molecule has 0 aliphatic carbocycles. The number of alkyl halides is 1. The quantitative estimate of drug-likeness (QED) is 0.454. The minimum atomic E-state index is 0.639. The molecular weight excluding hydrogens is 168 g/mol. The molecule has 0 N–H and O–H groups in total. The first-order valence-corrected chi connectivity index (χ1v) is 4.96. The van der Waals surface area contributed by atoms with E-state index < -0.39 is 0 Å². The second-order valence-electron chi connectivity index (χ2n) is 3.49. The summed E-state index contributed by atoms with van der Waals surface area (Å²) in [4.78, 5) is 0. The van der Waals surface area contributed by atoms with E-state index in [1.54, 1.807) is 0 Å². The van der Waals surface area contributed by atoms with Crippen LogP contribution in [0.1, 0.15) is 40.5 Å². The standard InChI is InChI=1S/C11H19Cl/c1-9(2)11(4)6-5-10(3)7-8-12/h7H,5-6,8H2,1-4H3/b10-7+. The molecule has 0 aromatic heterocycles. The molecule has 0 saturated carbocycles. The van der Waals surface area contributed by atoms with Crippen LogP contribution in [-0.4, -0.2) is 5.88 Å². The first-order chi connectivity index (χ1) is 5.57. The smallest absolute Gasteiger partial charge is 0.0406 e. The van der Waals surface area contributed by atoms with E-state index in [4.69, 9.17) is 11.6 Å². The van der Waals surface area contributed by atoms with Crippen molar-refractivity contribution in [3.63, 3.8) is 0 Å². The number of rotatable bonds is 4. The maximum Gasteiger partial charge on any atom is 0.0406 e. The molecule has 0 fully saturated rings. The SMILES string of the molecule is CC(C)=C(C)CC/C(C)=C/CCl. The van der Waals surface area contributed by atoms with E-state index in [2.05, 4.69) is 33.8 Å². The number of hydrogen-bond acceptors (Lipinski definition) is 0.